The normalized spacial score (nSPS) is 38.7. The van der Waals surface area contributed by atoms with Gasteiger partial charge in [-0.1, -0.05) is 116 Å². The number of esters is 1. The maximum atomic E-state index is 12.7. The topological polar surface area (TPSA) is 35.5 Å². The Bertz CT molecular complexity index is 1410. The van der Waals surface area contributed by atoms with Crippen LogP contribution in [0.5, 0.6) is 0 Å². The van der Waals surface area contributed by atoms with Crippen molar-refractivity contribution in [2.45, 2.75) is 143 Å². The van der Waals surface area contributed by atoms with Gasteiger partial charge in [-0.25, -0.2) is 0 Å². The Morgan fingerprint density at radius 2 is 1.39 bits per heavy atom. The molecule has 3 nitrogen and oxygen atoms in total. The molecule has 4 aliphatic carbocycles. The molecule has 0 radical (unpaired) electrons. The number of cyclic esters (lactones) is 1. The molecule has 5 aliphatic rings. The van der Waals surface area contributed by atoms with Gasteiger partial charge in [0.05, 0.1) is 0 Å². The van der Waals surface area contributed by atoms with Gasteiger partial charge in [-0.3, -0.25) is 4.79 Å². The van der Waals surface area contributed by atoms with E-state index in [9.17, 15) is 4.79 Å². The molecule has 49 heavy (non-hydrogen) atoms. The lowest BCUT2D eigenvalue weighted by molar-refractivity contribution is -0.166. The summed E-state index contributed by atoms with van der Waals surface area (Å²) in [6, 6.07) is 22.5. The molecule has 2 aromatic rings. The van der Waals surface area contributed by atoms with Gasteiger partial charge < -0.3 is 9.16 Å². The van der Waals surface area contributed by atoms with Crippen molar-refractivity contribution in [3.05, 3.63) is 60.7 Å². The Morgan fingerprint density at radius 1 is 0.776 bits per heavy atom. The number of hydrogen-bond acceptors (Lipinski definition) is 3. The number of carbonyl (C=O) groups is 1. The van der Waals surface area contributed by atoms with E-state index in [1.54, 1.807) is 0 Å². The van der Waals surface area contributed by atoms with Gasteiger partial charge in [-0.05, 0) is 138 Å². The van der Waals surface area contributed by atoms with E-state index in [-0.39, 0.29) is 17.1 Å². The van der Waals surface area contributed by atoms with E-state index in [0.717, 1.165) is 30.1 Å². The van der Waals surface area contributed by atoms with Crippen molar-refractivity contribution in [3.8, 4) is 0 Å². The number of rotatable bonds is 7. The molecule has 0 spiro atoms. The predicted molar refractivity (Wildman–Crippen MR) is 204 cm³/mol. The molecule has 11 atom stereocenters. The van der Waals surface area contributed by atoms with E-state index < -0.39 is 8.32 Å². The van der Waals surface area contributed by atoms with Crippen molar-refractivity contribution < 1.29 is 14.0 Å². The number of ether oxygens (including phenoxy) is 1. The van der Waals surface area contributed by atoms with E-state index in [2.05, 4.69) is 116 Å². The first-order chi connectivity index (χ1) is 23.3. The number of hydrogen-bond donors (Lipinski definition) is 0. The van der Waals surface area contributed by atoms with E-state index in [0.29, 0.717) is 47.0 Å². The van der Waals surface area contributed by atoms with Crippen LogP contribution in [-0.2, 0) is 14.0 Å². The van der Waals surface area contributed by atoms with Gasteiger partial charge in [-0.15, -0.1) is 0 Å². The van der Waals surface area contributed by atoms with Crippen LogP contribution in [0.4, 0.5) is 0 Å². The second kappa shape index (κ2) is 13.3. The first-order valence-corrected chi connectivity index (χ1v) is 22.2. The summed E-state index contributed by atoms with van der Waals surface area (Å²) in [5.74, 6) is 5.45. The molecule has 4 heteroatoms. The molecule has 1 heterocycles. The molecule has 7 rings (SSSR count). The highest BCUT2D eigenvalue weighted by molar-refractivity contribution is 6.99. The minimum atomic E-state index is -2.56. The Labute approximate surface area is 299 Å². The summed E-state index contributed by atoms with van der Waals surface area (Å²) in [4.78, 5) is 12.7. The number of fused-ring (bicyclic) bond motifs is 5. The van der Waals surface area contributed by atoms with Crippen molar-refractivity contribution in [1.82, 2.24) is 0 Å². The average Bonchev–Trinajstić information content (AvgIpc) is 3.44. The van der Waals surface area contributed by atoms with Gasteiger partial charge >= 0.3 is 5.97 Å². The van der Waals surface area contributed by atoms with Crippen LogP contribution in [0.1, 0.15) is 126 Å². The standard InChI is InChI=1S/C45H66O3Si/c1-30(2)32-27-41(47-42(46)28-32)31(3)38-21-22-39-37-20-19-33-29-34(23-25-44(33,7)40(37)24-26-45(38,39)8)48-49(43(4,5)6,35-15-11-9-12-16-35)36-17-13-10-14-18-36/h9-18,30-34,37-41H,19-29H2,1-8H3/t31-,32+,33-,34-,37-,38+,39-,40-,41-,44-,45+/m0/s1. The van der Waals surface area contributed by atoms with Crippen LogP contribution in [0.2, 0.25) is 5.04 Å². The maximum absolute atomic E-state index is 12.7. The molecule has 268 valence electrons. The van der Waals surface area contributed by atoms with Crippen LogP contribution < -0.4 is 10.4 Å². The Balaban J connectivity index is 1.09. The van der Waals surface area contributed by atoms with Gasteiger partial charge in [0, 0.05) is 12.5 Å². The zero-order valence-electron chi connectivity index (χ0n) is 32.0. The monoisotopic (exact) mass is 682 g/mol. The third kappa shape index (κ3) is 6.01. The summed E-state index contributed by atoms with van der Waals surface area (Å²) in [6.45, 7) is 19.6. The zero-order chi connectivity index (χ0) is 34.8. The Hall–Kier alpha value is -1.91. The summed E-state index contributed by atoms with van der Waals surface area (Å²) in [5, 5.41) is 2.83. The van der Waals surface area contributed by atoms with E-state index in [4.69, 9.17) is 9.16 Å². The van der Waals surface area contributed by atoms with Crippen molar-refractivity contribution in [3.63, 3.8) is 0 Å². The third-order valence-corrected chi connectivity index (χ3v) is 21.0. The molecular formula is C45H66O3Si. The SMILES string of the molecule is CC(C)[C@H]1CC(=O)O[C@H]([C@@H](C)[C@H]2CC[C@H]3[C@@H]4CC[C@H]5C[C@@H](O[Si](c6ccccc6)(c6ccccc6)C(C)(C)C)CC[C@]5(C)[C@H]4CC[C@]23C)C1. The second-order valence-corrected chi connectivity index (χ2v) is 23.6. The predicted octanol–water partition coefficient (Wildman–Crippen LogP) is 10.2. The van der Waals surface area contributed by atoms with E-state index >= 15 is 0 Å². The van der Waals surface area contributed by atoms with Gasteiger partial charge in [-0.2, -0.15) is 0 Å². The van der Waals surface area contributed by atoms with Crippen molar-refractivity contribution in [2.24, 2.45) is 58.2 Å². The first kappa shape index (κ1) is 35.5. The second-order valence-electron chi connectivity index (χ2n) is 19.4. The number of benzene rings is 2. The van der Waals surface area contributed by atoms with Crippen LogP contribution in [0.25, 0.3) is 0 Å². The van der Waals surface area contributed by atoms with Crippen LogP contribution in [0.15, 0.2) is 60.7 Å². The molecule has 0 aromatic heterocycles. The fourth-order valence-electron chi connectivity index (χ4n) is 13.1. The van der Waals surface area contributed by atoms with Crippen LogP contribution in [0, 0.1) is 58.2 Å². The molecule has 0 unspecified atom stereocenters. The van der Waals surface area contributed by atoms with Gasteiger partial charge in [0.15, 0.2) is 0 Å². The lowest BCUT2D eigenvalue weighted by atomic mass is 9.44. The quantitative estimate of drug-likeness (QED) is 0.215. The van der Waals surface area contributed by atoms with Crippen LogP contribution >= 0.6 is 0 Å². The molecular weight excluding hydrogens is 617 g/mol. The molecule has 1 aliphatic heterocycles. The van der Waals surface area contributed by atoms with Gasteiger partial charge in [0.2, 0.25) is 0 Å². The lowest BCUT2D eigenvalue weighted by Gasteiger charge is -2.62. The molecule has 5 fully saturated rings. The Morgan fingerprint density at radius 3 is 2.00 bits per heavy atom. The first-order valence-electron chi connectivity index (χ1n) is 20.3. The number of carbonyl (C=O) groups excluding carboxylic acids is 1. The molecule has 4 saturated carbocycles. The van der Waals surface area contributed by atoms with Gasteiger partial charge in [0.25, 0.3) is 8.32 Å². The summed E-state index contributed by atoms with van der Waals surface area (Å²) in [7, 11) is -2.56. The maximum Gasteiger partial charge on any atom is 0.306 e. The summed E-state index contributed by atoms with van der Waals surface area (Å²) in [5.41, 5.74) is 0.799. The molecule has 0 amide bonds. The average molecular weight is 683 g/mol. The lowest BCUT2D eigenvalue weighted by Crippen LogP contribution is -2.68. The molecule has 0 N–H and O–H groups in total. The highest BCUT2D eigenvalue weighted by Crippen LogP contribution is 2.68. The van der Waals surface area contributed by atoms with E-state index in [1.165, 1.54) is 68.2 Å². The largest absolute Gasteiger partial charge is 0.462 e. The minimum absolute atomic E-state index is 0.0176. The van der Waals surface area contributed by atoms with Gasteiger partial charge in [0.1, 0.15) is 6.10 Å². The smallest absolute Gasteiger partial charge is 0.306 e. The zero-order valence-corrected chi connectivity index (χ0v) is 33.0. The fourth-order valence-corrected chi connectivity index (χ4v) is 17.9. The van der Waals surface area contributed by atoms with Crippen LogP contribution in [-0.4, -0.2) is 26.5 Å². The molecule has 0 bridgehead atoms. The van der Waals surface area contributed by atoms with Crippen LogP contribution in [0.3, 0.4) is 0 Å². The summed E-state index contributed by atoms with van der Waals surface area (Å²) in [6.07, 6.45) is 14.0. The minimum Gasteiger partial charge on any atom is -0.462 e. The summed E-state index contributed by atoms with van der Waals surface area (Å²) >= 11 is 0. The van der Waals surface area contributed by atoms with Crippen molar-refractivity contribution in [2.75, 3.05) is 0 Å². The molecule has 1 saturated heterocycles. The summed E-state index contributed by atoms with van der Waals surface area (Å²) < 4.78 is 13.9. The molecule has 2 aromatic carbocycles. The van der Waals surface area contributed by atoms with Crippen molar-refractivity contribution in [1.29, 1.82) is 0 Å². The Kier molecular flexibility index (Phi) is 9.60. The highest BCUT2D eigenvalue weighted by atomic mass is 28.4. The van der Waals surface area contributed by atoms with Crippen molar-refractivity contribution >= 4 is 24.7 Å². The van der Waals surface area contributed by atoms with E-state index in [1.807, 2.05) is 0 Å². The highest BCUT2D eigenvalue weighted by Gasteiger charge is 2.62. The third-order valence-electron chi connectivity index (χ3n) is 15.9. The fraction of sp³-hybridized carbons (Fsp3) is 0.711.